The summed E-state index contributed by atoms with van der Waals surface area (Å²) in [5.74, 6) is 0.244. The van der Waals surface area contributed by atoms with Crippen LogP contribution in [0, 0.1) is 5.41 Å². The molecule has 2 aliphatic heterocycles. The van der Waals surface area contributed by atoms with Crippen LogP contribution < -0.4 is 5.73 Å². The zero-order chi connectivity index (χ0) is 10.0. The SMILES string of the molecule is N/C(=N\O)N1CCC2(CCOCC2)C1. The second-order valence-corrected chi connectivity index (χ2v) is 4.24. The Bertz CT molecular complexity index is 236. The highest BCUT2D eigenvalue weighted by molar-refractivity contribution is 5.77. The van der Waals surface area contributed by atoms with E-state index in [1.807, 2.05) is 4.90 Å². The first-order chi connectivity index (χ1) is 6.76. The van der Waals surface area contributed by atoms with E-state index in [-0.39, 0.29) is 5.96 Å². The van der Waals surface area contributed by atoms with E-state index in [1.54, 1.807) is 0 Å². The Morgan fingerprint density at radius 2 is 2.07 bits per heavy atom. The molecule has 2 saturated heterocycles. The quantitative estimate of drug-likeness (QED) is 0.253. The molecule has 2 fully saturated rings. The summed E-state index contributed by atoms with van der Waals surface area (Å²) >= 11 is 0. The summed E-state index contributed by atoms with van der Waals surface area (Å²) in [5.41, 5.74) is 5.92. The normalized spacial score (nSPS) is 27.1. The molecule has 0 aromatic carbocycles. The van der Waals surface area contributed by atoms with E-state index in [0.717, 1.165) is 45.6 Å². The van der Waals surface area contributed by atoms with E-state index in [9.17, 15) is 0 Å². The van der Waals surface area contributed by atoms with Crippen LogP contribution >= 0.6 is 0 Å². The van der Waals surface area contributed by atoms with Crippen LogP contribution in [0.4, 0.5) is 0 Å². The molecule has 0 aromatic heterocycles. The number of nitrogens with zero attached hydrogens (tertiary/aromatic N) is 2. The lowest BCUT2D eigenvalue weighted by molar-refractivity contribution is 0.0217. The smallest absolute Gasteiger partial charge is 0.233 e. The summed E-state index contributed by atoms with van der Waals surface area (Å²) in [7, 11) is 0. The van der Waals surface area contributed by atoms with E-state index < -0.39 is 0 Å². The van der Waals surface area contributed by atoms with E-state index >= 15 is 0 Å². The number of rotatable bonds is 0. The van der Waals surface area contributed by atoms with E-state index in [4.69, 9.17) is 15.7 Å². The second kappa shape index (κ2) is 3.65. The lowest BCUT2D eigenvalue weighted by Gasteiger charge is -2.33. The highest BCUT2D eigenvalue weighted by atomic mass is 16.5. The molecule has 0 unspecified atom stereocenters. The van der Waals surface area contributed by atoms with Gasteiger partial charge in [0.05, 0.1) is 0 Å². The van der Waals surface area contributed by atoms with Crippen molar-refractivity contribution in [3.8, 4) is 0 Å². The highest BCUT2D eigenvalue weighted by Crippen LogP contribution is 2.39. The molecule has 2 rings (SSSR count). The first-order valence-corrected chi connectivity index (χ1v) is 5.06. The van der Waals surface area contributed by atoms with Crippen molar-refractivity contribution in [3.63, 3.8) is 0 Å². The number of hydrogen-bond acceptors (Lipinski definition) is 3. The Labute approximate surface area is 83.5 Å². The third-order valence-corrected chi connectivity index (χ3v) is 3.42. The van der Waals surface area contributed by atoms with Gasteiger partial charge in [-0.1, -0.05) is 5.16 Å². The number of nitrogens with two attached hydrogens (primary N) is 1. The Kier molecular flexibility index (Phi) is 2.50. The van der Waals surface area contributed by atoms with Crippen molar-refractivity contribution < 1.29 is 9.94 Å². The van der Waals surface area contributed by atoms with Gasteiger partial charge in [0.2, 0.25) is 5.96 Å². The van der Waals surface area contributed by atoms with Gasteiger partial charge >= 0.3 is 0 Å². The number of guanidine groups is 1. The van der Waals surface area contributed by atoms with Gasteiger partial charge in [-0.15, -0.1) is 0 Å². The largest absolute Gasteiger partial charge is 0.408 e. The lowest BCUT2D eigenvalue weighted by Crippen LogP contribution is -2.39. The van der Waals surface area contributed by atoms with Crippen molar-refractivity contribution in [2.45, 2.75) is 19.3 Å². The third kappa shape index (κ3) is 1.64. The Morgan fingerprint density at radius 3 is 2.71 bits per heavy atom. The van der Waals surface area contributed by atoms with Crippen molar-refractivity contribution in [1.29, 1.82) is 0 Å². The molecule has 14 heavy (non-hydrogen) atoms. The molecule has 2 aliphatic rings. The Balaban J connectivity index is 1.99. The van der Waals surface area contributed by atoms with Gasteiger partial charge in [0.25, 0.3) is 0 Å². The molecule has 5 heteroatoms. The molecule has 1 spiro atoms. The summed E-state index contributed by atoms with van der Waals surface area (Å²) in [6, 6.07) is 0. The predicted molar refractivity (Wildman–Crippen MR) is 52.1 cm³/mol. The van der Waals surface area contributed by atoms with Crippen LogP contribution in [-0.4, -0.2) is 42.4 Å². The molecule has 0 atom stereocenters. The molecule has 0 radical (unpaired) electrons. The van der Waals surface area contributed by atoms with Crippen LogP contribution in [0.15, 0.2) is 5.16 Å². The number of oxime groups is 1. The maximum Gasteiger partial charge on any atom is 0.233 e. The van der Waals surface area contributed by atoms with Gasteiger partial charge in [0, 0.05) is 26.3 Å². The number of ether oxygens (including phenoxy) is 1. The summed E-state index contributed by atoms with van der Waals surface area (Å²) < 4.78 is 5.35. The van der Waals surface area contributed by atoms with Gasteiger partial charge in [-0.3, -0.25) is 0 Å². The van der Waals surface area contributed by atoms with Crippen molar-refractivity contribution in [3.05, 3.63) is 0 Å². The second-order valence-electron chi connectivity index (χ2n) is 4.24. The van der Waals surface area contributed by atoms with E-state index in [0.29, 0.717) is 5.41 Å². The molecule has 0 saturated carbocycles. The average molecular weight is 199 g/mol. The fourth-order valence-electron chi connectivity index (χ4n) is 2.41. The summed E-state index contributed by atoms with van der Waals surface area (Å²) in [5, 5.41) is 11.6. The summed E-state index contributed by atoms with van der Waals surface area (Å²) in [6.45, 7) is 3.51. The first-order valence-electron chi connectivity index (χ1n) is 5.06. The van der Waals surface area contributed by atoms with Crippen LogP contribution in [0.1, 0.15) is 19.3 Å². The minimum Gasteiger partial charge on any atom is -0.408 e. The van der Waals surface area contributed by atoms with Crippen LogP contribution in [0.3, 0.4) is 0 Å². The molecule has 0 amide bonds. The Hall–Kier alpha value is -0.970. The zero-order valence-electron chi connectivity index (χ0n) is 8.28. The molecule has 2 heterocycles. The lowest BCUT2D eigenvalue weighted by atomic mass is 9.80. The van der Waals surface area contributed by atoms with Crippen LogP contribution in [0.5, 0.6) is 0 Å². The molecule has 80 valence electrons. The van der Waals surface area contributed by atoms with Crippen molar-refractivity contribution in [2.24, 2.45) is 16.3 Å². The van der Waals surface area contributed by atoms with Crippen molar-refractivity contribution >= 4 is 5.96 Å². The van der Waals surface area contributed by atoms with Gasteiger partial charge < -0.3 is 20.6 Å². The summed E-state index contributed by atoms with van der Waals surface area (Å²) in [4.78, 5) is 1.95. The average Bonchev–Trinajstić information content (AvgIpc) is 2.62. The molecule has 5 nitrogen and oxygen atoms in total. The molecule has 3 N–H and O–H groups in total. The first kappa shape index (κ1) is 9.58. The standard InChI is InChI=1S/C9H17N3O2/c10-8(11-13)12-4-1-9(7-12)2-5-14-6-3-9/h13H,1-7H2,(H2,10,11). The molecule has 0 aromatic rings. The molecule has 0 aliphatic carbocycles. The zero-order valence-corrected chi connectivity index (χ0v) is 8.28. The Morgan fingerprint density at radius 1 is 1.36 bits per heavy atom. The minimum atomic E-state index is 0.244. The molecular formula is C9H17N3O2. The monoisotopic (exact) mass is 199 g/mol. The van der Waals surface area contributed by atoms with E-state index in [1.165, 1.54) is 0 Å². The van der Waals surface area contributed by atoms with Crippen LogP contribution in [0.25, 0.3) is 0 Å². The maximum absolute atomic E-state index is 8.58. The van der Waals surface area contributed by atoms with Gasteiger partial charge in [-0.2, -0.15) is 0 Å². The fraction of sp³-hybridized carbons (Fsp3) is 0.889. The molecular weight excluding hydrogens is 182 g/mol. The van der Waals surface area contributed by atoms with Gasteiger partial charge in [-0.25, -0.2) is 0 Å². The van der Waals surface area contributed by atoms with E-state index in [2.05, 4.69) is 5.16 Å². The van der Waals surface area contributed by atoms with Gasteiger partial charge in [0.15, 0.2) is 0 Å². The predicted octanol–water partition coefficient (Wildman–Crippen LogP) is 0.193. The van der Waals surface area contributed by atoms with Crippen LogP contribution in [-0.2, 0) is 4.74 Å². The third-order valence-electron chi connectivity index (χ3n) is 3.42. The fourth-order valence-corrected chi connectivity index (χ4v) is 2.41. The number of likely N-dealkylation sites (tertiary alicyclic amines) is 1. The topological polar surface area (TPSA) is 71.1 Å². The van der Waals surface area contributed by atoms with Gasteiger partial charge in [-0.05, 0) is 24.7 Å². The van der Waals surface area contributed by atoms with Gasteiger partial charge in [0.1, 0.15) is 0 Å². The minimum absolute atomic E-state index is 0.244. The van der Waals surface area contributed by atoms with Crippen LogP contribution in [0.2, 0.25) is 0 Å². The van der Waals surface area contributed by atoms with Crippen molar-refractivity contribution in [1.82, 2.24) is 4.90 Å². The summed E-state index contributed by atoms with van der Waals surface area (Å²) in [6.07, 6.45) is 3.33. The highest BCUT2D eigenvalue weighted by Gasteiger charge is 2.39. The molecule has 0 bridgehead atoms. The number of hydrogen-bond donors (Lipinski definition) is 2. The van der Waals surface area contributed by atoms with Crippen molar-refractivity contribution in [2.75, 3.05) is 26.3 Å². The maximum atomic E-state index is 8.58.